The summed E-state index contributed by atoms with van der Waals surface area (Å²) in [6.07, 6.45) is 3.08. The van der Waals surface area contributed by atoms with E-state index in [-0.39, 0.29) is 12.6 Å². The lowest BCUT2D eigenvalue weighted by Crippen LogP contribution is -2.18. The van der Waals surface area contributed by atoms with E-state index in [1.54, 1.807) is 6.20 Å². The number of hydrogen-bond acceptors (Lipinski definition) is 5. The van der Waals surface area contributed by atoms with Gasteiger partial charge in [0.1, 0.15) is 12.9 Å². The van der Waals surface area contributed by atoms with Crippen LogP contribution in [0.25, 0.3) is 0 Å². The monoisotopic (exact) mass is 181 g/mol. The smallest absolute Gasteiger partial charge is 0.293 e. The van der Waals surface area contributed by atoms with E-state index in [9.17, 15) is 4.79 Å². The van der Waals surface area contributed by atoms with E-state index in [1.807, 2.05) is 6.92 Å². The number of aromatic nitrogens is 2. The average molecular weight is 181 g/mol. The molecule has 70 valence electrons. The van der Waals surface area contributed by atoms with Gasteiger partial charge in [0.05, 0.1) is 6.04 Å². The quantitative estimate of drug-likeness (QED) is 0.659. The predicted octanol–water partition coefficient (Wildman–Crippen LogP) is -0.0422. The van der Waals surface area contributed by atoms with Gasteiger partial charge in [-0.2, -0.15) is 0 Å². The zero-order chi connectivity index (χ0) is 9.68. The van der Waals surface area contributed by atoms with Crippen LogP contribution in [0, 0.1) is 6.92 Å². The molecular weight excluding hydrogens is 170 g/mol. The highest BCUT2D eigenvalue weighted by molar-refractivity contribution is 5.37. The molecule has 1 aromatic rings. The van der Waals surface area contributed by atoms with Crippen LogP contribution in [0.1, 0.15) is 17.3 Å². The van der Waals surface area contributed by atoms with E-state index in [1.165, 1.54) is 6.33 Å². The van der Waals surface area contributed by atoms with Gasteiger partial charge in [-0.3, -0.25) is 4.79 Å². The van der Waals surface area contributed by atoms with Gasteiger partial charge < -0.3 is 10.5 Å². The topological polar surface area (TPSA) is 78.1 Å². The molecule has 2 N–H and O–H groups in total. The van der Waals surface area contributed by atoms with Crippen molar-refractivity contribution in [1.82, 2.24) is 9.97 Å². The van der Waals surface area contributed by atoms with E-state index < -0.39 is 0 Å². The lowest BCUT2D eigenvalue weighted by atomic mass is 10.1. The molecule has 1 rings (SSSR count). The van der Waals surface area contributed by atoms with E-state index >= 15 is 0 Å². The van der Waals surface area contributed by atoms with Crippen LogP contribution in [-0.2, 0) is 9.53 Å². The maximum Gasteiger partial charge on any atom is 0.293 e. The van der Waals surface area contributed by atoms with Crippen LogP contribution in [0.3, 0.4) is 0 Å². The molecule has 1 unspecified atom stereocenters. The molecule has 1 atom stereocenters. The standard InChI is InChI=1S/C8H11N3O2/c1-6-7(2-10-4-11-6)8(9)3-13-5-12/h2,4-5,8H,3,9H2,1H3. The predicted molar refractivity (Wildman–Crippen MR) is 45.7 cm³/mol. The number of carbonyl (C=O) groups is 1. The van der Waals surface area contributed by atoms with E-state index in [0.717, 1.165) is 11.3 Å². The summed E-state index contributed by atoms with van der Waals surface area (Å²) < 4.78 is 4.54. The van der Waals surface area contributed by atoms with Crippen LogP contribution in [0.4, 0.5) is 0 Å². The zero-order valence-electron chi connectivity index (χ0n) is 7.30. The fourth-order valence-corrected chi connectivity index (χ4v) is 0.998. The van der Waals surface area contributed by atoms with Gasteiger partial charge >= 0.3 is 0 Å². The Balaban J connectivity index is 2.70. The van der Waals surface area contributed by atoms with Crippen LogP contribution in [0.15, 0.2) is 12.5 Å². The molecule has 0 aliphatic carbocycles. The zero-order valence-corrected chi connectivity index (χ0v) is 7.30. The first kappa shape index (κ1) is 9.60. The van der Waals surface area contributed by atoms with Crippen LogP contribution < -0.4 is 5.73 Å². The van der Waals surface area contributed by atoms with Crippen molar-refractivity contribution in [2.45, 2.75) is 13.0 Å². The second-order valence-corrected chi connectivity index (χ2v) is 2.60. The van der Waals surface area contributed by atoms with E-state index in [0.29, 0.717) is 6.47 Å². The molecule has 0 fully saturated rings. The summed E-state index contributed by atoms with van der Waals surface area (Å²) in [5.41, 5.74) is 7.32. The average Bonchev–Trinajstić information content (AvgIpc) is 2.15. The van der Waals surface area contributed by atoms with Crippen molar-refractivity contribution in [3.8, 4) is 0 Å². The molecular formula is C8H11N3O2. The maximum atomic E-state index is 9.92. The maximum absolute atomic E-state index is 9.92. The van der Waals surface area contributed by atoms with Gasteiger partial charge in [-0.15, -0.1) is 0 Å². The summed E-state index contributed by atoms with van der Waals surface area (Å²) in [7, 11) is 0. The Hall–Kier alpha value is -1.49. The first-order valence-electron chi connectivity index (χ1n) is 3.83. The number of nitrogens with zero attached hydrogens (tertiary/aromatic N) is 2. The normalized spacial score (nSPS) is 12.2. The third kappa shape index (κ3) is 2.48. The van der Waals surface area contributed by atoms with Crippen molar-refractivity contribution in [2.75, 3.05) is 6.61 Å². The summed E-state index contributed by atoms with van der Waals surface area (Å²) in [6, 6.07) is -0.355. The SMILES string of the molecule is Cc1ncncc1C(N)COC=O. The minimum Gasteiger partial charge on any atom is -0.466 e. The van der Waals surface area contributed by atoms with Gasteiger partial charge in [0, 0.05) is 17.5 Å². The number of aryl methyl sites for hydroxylation is 1. The summed E-state index contributed by atoms with van der Waals surface area (Å²) in [4.78, 5) is 17.7. The summed E-state index contributed by atoms with van der Waals surface area (Å²) in [5.74, 6) is 0. The second-order valence-electron chi connectivity index (χ2n) is 2.60. The molecule has 0 spiro atoms. The largest absolute Gasteiger partial charge is 0.466 e. The fraction of sp³-hybridized carbons (Fsp3) is 0.375. The van der Waals surface area contributed by atoms with Crippen LogP contribution in [0.5, 0.6) is 0 Å². The van der Waals surface area contributed by atoms with Gasteiger partial charge in [0.25, 0.3) is 6.47 Å². The van der Waals surface area contributed by atoms with Crippen LogP contribution in [0.2, 0.25) is 0 Å². The molecule has 0 aliphatic heterocycles. The minimum atomic E-state index is -0.355. The molecule has 5 nitrogen and oxygen atoms in total. The van der Waals surface area contributed by atoms with Crippen molar-refractivity contribution in [1.29, 1.82) is 0 Å². The third-order valence-corrected chi connectivity index (χ3v) is 1.69. The molecule has 0 radical (unpaired) electrons. The Morgan fingerprint density at radius 2 is 2.54 bits per heavy atom. The molecule has 5 heteroatoms. The molecule has 13 heavy (non-hydrogen) atoms. The summed E-state index contributed by atoms with van der Waals surface area (Å²) in [6.45, 7) is 2.36. The number of nitrogens with two attached hydrogens (primary N) is 1. The molecule has 0 amide bonds. The molecule has 0 aliphatic rings. The molecule has 1 aromatic heterocycles. The molecule has 0 saturated carbocycles. The highest BCUT2D eigenvalue weighted by Gasteiger charge is 2.09. The summed E-state index contributed by atoms with van der Waals surface area (Å²) >= 11 is 0. The molecule has 1 heterocycles. The van der Waals surface area contributed by atoms with Gasteiger partial charge in [-0.1, -0.05) is 0 Å². The fourth-order valence-electron chi connectivity index (χ4n) is 0.998. The number of hydrogen-bond donors (Lipinski definition) is 1. The molecule has 0 saturated heterocycles. The second kappa shape index (κ2) is 4.51. The van der Waals surface area contributed by atoms with Crippen molar-refractivity contribution in [2.24, 2.45) is 5.73 Å². The first-order valence-corrected chi connectivity index (χ1v) is 3.83. The highest BCUT2D eigenvalue weighted by atomic mass is 16.5. The van der Waals surface area contributed by atoms with Crippen molar-refractivity contribution < 1.29 is 9.53 Å². The Bertz CT molecular complexity index is 290. The lowest BCUT2D eigenvalue weighted by molar-refractivity contribution is -0.129. The van der Waals surface area contributed by atoms with Gasteiger partial charge in [0.15, 0.2) is 0 Å². The van der Waals surface area contributed by atoms with Crippen molar-refractivity contribution in [3.63, 3.8) is 0 Å². The first-order chi connectivity index (χ1) is 6.25. The van der Waals surface area contributed by atoms with Gasteiger partial charge in [-0.05, 0) is 6.92 Å². The lowest BCUT2D eigenvalue weighted by Gasteiger charge is -2.11. The van der Waals surface area contributed by atoms with Crippen molar-refractivity contribution >= 4 is 6.47 Å². The molecule has 0 aromatic carbocycles. The number of ether oxygens (including phenoxy) is 1. The Morgan fingerprint density at radius 1 is 1.77 bits per heavy atom. The third-order valence-electron chi connectivity index (χ3n) is 1.69. The van der Waals surface area contributed by atoms with Crippen LogP contribution in [-0.4, -0.2) is 23.0 Å². The van der Waals surface area contributed by atoms with Crippen molar-refractivity contribution in [3.05, 3.63) is 23.8 Å². The van der Waals surface area contributed by atoms with E-state index in [2.05, 4.69) is 14.7 Å². The van der Waals surface area contributed by atoms with Crippen LogP contribution >= 0.6 is 0 Å². The molecule has 0 bridgehead atoms. The Kier molecular flexibility index (Phi) is 3.33. The number of rotatable bonds is 4. The van der Waals surface area contributed by atoms with Gasteiger partial charge in [-0.25, -0.2) is 9.97 Å². The summed E-state index contributed by atoms with van der Waals surface area (Å²) in [5, 5.41) is 0. The van der Waals surface area contributed by atoms with E-state index in [4.69, 9.17) is 5.73 Å². The Labute approximate surface area is 75.9 Å². The number of carbonyl (C=O) groups excluding carboxylic acids is 1. The van der Waals surface area contributed by atoms with Gasteiger partial charge in [0.2, 0.25) is 0 Å². The highest BCUT2D eigenvalue weighted by Crippen LogP contribution is 2.11. The Morgan fingerprint density at radius 3 is 3.15 bits per heavy atom. The minimum absolute atomic E-state index is 0.151.